The van der Waals surface area contributed by atoms with Crippen molar-refractivity contribution in [2.45, 2.75) is 133 Å². The zero-order valence-corrected chi connectivity index (χ0v) is 37.7. The quantitative estimate of drug-likeness (QED) is 0.129. The first kappa shape index (κ1) is 46.0. The molecular formula is C46H68ClN9O6. The van der Waals surface area contributed by atoms with Crippen LogP contribution in [0, 0.1) is 5.92 Å². The maximum atomic E-state index is 14.5. The summed E-state index contributed by atoms with van der Waals surface area (Å²) >= 11 is 6.28. The van der Waals surface area contributed by atoms with Gasteiger partial charge < -0.3 is 50.3 Å². The number of hydrogen-bond donors (Lipinski definition) is 4. The van der Waals surface area contributed by atoms with Gasteiger partial charge in [0, 0.05) is 63.6 Å². The number of fused-ring (bicyclic) bond motifs is 1. The molecule has 4 fully saturated rings. The number of aromatic amines is 1. The Balaban J connectivity index is 0.873. The summed E-state index contributed by atoms with van der Waals surface area (Å²) in [6.07, 6.45) is 13.8. The molecule has 0 bridgehead atoms. The Morgan fingerprint density at radius 2 is 1.58 bits per heavy atom. The van der Waals surface area contributed by atoms with Crippen molar-refractivity contribution in [1.82, 2.24) is 35.4 Å². The molecule has 16 heteroatoms. The van der Waals surface area contributed by atoms with Gasteiger partial charge in [0.25, 0.3) is 0 Å². The van der Waals surface area contributed by atoms with E-state index in [1.54, 1.807) is 20.8 Å². The lowest BCUT2D eigenvalue weighted by atomic mass is 9.83. The normalized spacial score (nSPS) is 20.8. The van der Waals surface area contributed by atoms with Crippen molar-refractivity contribution in [2.24, 2.45) is 11.7 Å². The van der Waals surface area contributed by atoms with Gasteiger partial charge in [-0.25, -0.2) is 14.8 Å². The lowest BCUT2D eigenvalue weighted by molar-refractivity contribution is -0.138. The fraction of sp³-hybridized carbons (Fsp3) is 0.674. The fourth-order valence-electron chi connectivity index (χ4n) is 9.59. The molecular weight excluding hydrogens is 810 g/mol. The van der Waals surface area contributed by atoms with Gasteiger partial charge in [0.15, 0.2) is 0 Å². The summed E-state index contributed by atoms with van der Waals surface area (Å²) in [7, 11) is 0. The van der Waals surface area contributed by atoms with Gasteiger partial charge in [-0.2, -0.15) is 0 Å². The number of likely N-dealkylation sites (tertiary alicyclic amines) is 2. The van der Waals surface area contributed by atoms with Crippen molar-refractivity contribution < 1.29 is 28.6 Å². The Morgan fingerprint density at radius 1 is 0.903 bits per heavy atom. The Kier molecular flexibility index (Phi) is 15.7. The highest BCUT2D eigenvalue weighted by atomic mass is 35.5. The van der Waals surface area contributed by atoms with Crippen LogP contribution in [-0.4, -0.2) is 131 Å². The Morgan fingerprint density at radius 3 is 2.26 bits per heavy atom. The number of benzene rings is 1. The summed E-state index contributed by atoms with van der Waals surface area (Å²) in [5.74, 6) is 0.967. The molecule has 2 aromatic heterocycles. The van der Waals surface area contributed by atoms with Crippen LogP contribution in [0.3, 0.4) is 0 Å². The highest BCUT2D eigenvalue weighted by Gasteiger charge is 2.45. The van der Waals surface area contributed by atoms with Crippen molar-refractivity contribution in [3.05, 3.63) is 53.4 Å². The number of hydrogen-bond acceptors (Lipinski definition) is 11. The van der Waals surface area contributed by atoms with E-state index in [-0.39, 0.29) is 36.1 Å². The van der Waals surface area contributed by atoms with Crippen LogP contribution in [0.2, 0.25) is 5.02 Å². The molecule has 3 saturated heterocycles. The molecule has 7 rings (SSSR count). The Labute approximate surface area is 371 Å². The SMILES string of the molecule is CC(C)(C)OC(=O)NC1(C(=O)N[C@@H](CCOCCN2CCC(OC3CCN(C(=O)[C@H](N)C4CCCCC4)CC3)CC2)c2ccc(Cl)cc2)CCN(c2ncnc3[nH]ccc23)CC1. The van der Waals surface area contributed by atoms with Crippen molar-refractivity contribution in [2.75, 3.05) is 63.9 Å². The predicted octanol–water partition coefficient (Wildman–Crippen LogP) is 6.12. The van der Waals surface area contributed by atoms with Crippen LogP contribution in [0.15, 0.2) is 42.9 Å². The number of H-pyrrole nitrogens is 1. The van der Waals surface area contributed by atoms with Crippen LogP contribution < -0.4 is 21.3 Å². The number of alkyl carbamates (subject to hydrolysis) is 1. The minimum atomic E-state index is -1.22. The topological polar surface area (TPSA) is 180 Å². The molecule has 1 saturated carbocycles. The number of nitrogens with one attached hydrogen (secondary N) is 3. The van der Waals surface area contributed by atoms with E-state index >= 15 is 0 Å². The molecule has 3 aromatic rings. The minimum absolute atomic E-state index is 0.128. The van der Waals surface area contributed by atoms with E-state index in [2.05, 4.69) is 35.4 Å². The molecule has 1 aliphatic carbocycles. The number of rotatable bonds is 15. The Hall–Kier alpha value is -4.02. The second-order valence-corrected chi connectivity index (χ2v) is 19.2. The van der Waals surface area contributed by atoms with Gasteiger partial charge in [-0.1, -0.05) is 43.0 Å². The third-order valence-corrected chi connectivity index (χ3v) is 13.5. The smallest absolute Gasteiger partial charge is 0.408 e. The summed E-state index contributed by atoms with van der Waals surface area (Å²) in [6.45, 7) is 11.5. The Bertz CT molecular complexity index is 1910. The third-order valence-electron chi connectivity index (χ3n) is 13.2. The van der Waals surface area contributed by atoms with E-state index in [9.17, 15) is 14.4 Å². The van der Waals surface area contributed by atoms with E-state index in [1.165, 1.54) is 25.6 Å². The second kappa shape index (κ2) is 21.1. The molecule has 3 aliphatic heterocycles. The number of carbonyl (C=O) groups excluding carboxylic acids is 3. The van der Waals surface area contributed by atoms with Gasteiger partial charge in [0.2, 0.25) is 11.8 Å². The van der Waals surface area contributed by atoms with E-state index < -0.39 is 17.2 Å². The first-order valence-electron chi connectivity index (χ1n) is 23.0. The third kappa shape index (κ3) is 12.2. The molecule has 340 valence electrons. The molecule has 5 heterocycles. The number of piperidine rings is 3. The monoisotopic (exact) mass is 877 g/mol. The lowest BCUT2D eigenvalue weighted by Crippen LogP contribution is -2.64. The van der Waals surface area contributed by atoms with E-state index in [0.717, 1.165) is 93.7 Å². The number of carbonyl (C=O) groups is 3. The zero-order chi connectivity index (χ0) is 43.7. The van der Waals surface area contributed by atoms with Crippen molar-refractivity contribution in [1.29, 1.82) is 0 Å². The van der Waals surface area contributed by atoms with Crippen LogP contribution in [-0.2, 0) is 23.8 Å². The molecule has 2 atom stereocenters. The van der Waals surface area contributed by atoms with Crippen LogP contribution in [0.1, 0.15) is 109 Å². The number of anilines is 1. The maximum Gasteiger partial charge on any atom is 0.408 e. The average Bonchev–Trinajstić information content (AvgIpc) is 3.76. The number of aromatic nitrogens is 3. The molecule has 0 spiro atoms. The number of nitrogens with two attached hydrogens (primary N) is 1. The van der Waals surface area contributed by atoms with Crippen molar-refractivity contribution in [3.63, 3.8) is 0 Å². The van der Waals surface area contributed by atoms with E-state index in [0.29, 0.717) is 56.5 Å². The second-order valence-electron chi connectivity index (χ2n) is 18.7. The number of amides is 3. The number of ether oxygens (including phenoxy) is 3. The molecule has 4 aliphatic rings. The lowest BCUT2D eigenvalue weighted by Gasteiger charge is -2.42. The first-order valence-corrected chi connectivity index (χ1v) is 23.3. The summed E-state index contributed by atoms with van der Waals surface area (Å²) < 4.78 is 18.4. The van der Waals surface area contributed by atoms with Crippen molar-refractivity contribution >= 4 is 46.4 Å². The summed E-state index contributed by atoms with van der Waals surface area (Å²) in [5, 5.41) is 7.79. The van der Waals surface area contributed by atoms with Crippen LogP contribution in [0.25, 0.3) is 11.0 Å². The van der Waals surface area contributed by atoms with Gasteiger partial charge in [0.05, 0.1) is 36.3 Å². The minimum Gasteiger partial charge on any atom is -0.444 e. The van der Waals surface area contributed by atoms with E-state index in [4.69, 9.17) is 31.5 Å². The van der Waals surface area contributed by atoms with Gasteiger partial charge in [0.1, 0.15) is 28.9 Å². The van der Waals surface area contributed by atoms with Crippen molar-refractivity contribution in [3.8, 4) is 0 Å². The number of halogens is 1. The molecule has 1 aromatic carbocycles. The zero-order valence-electron chi connectivity index (χ0n) is 36.9. The van der Waals surface area contributed by atoms with Gasteiger partial charge in [-0.05, 0) is 108 Å². The van der Waals surface area contributed by atoms with Gasteiger partial charge >= 0.3 is 6.09 Å². The van der Waals surface area contributed by atoms with Crippen LogP contribution >= 0.6 is 11.6 Å². The van der Waals surface area contributed by atoms with Gasteiger partial charge in [-0.3, -0.25) is 9.59 Å². The summed E-state index contributed by atoms with van der Waals surface area (Å²) in [4.78, 5) is 59.5. The predicted molar refractivity (Wildman–Crippen MR) is 240 cm³/mol. The van der Waals surface area contributed by atoms with Crippen LogP contribution in [0.5, 0.6) is 0 Å². The largest absolute Gasteiger partial charge is 0.444 e. The standard InChI is InChI=1S/C46H68ClN9O6/c1-45(2,3)62-44(59)53-46(19-26-55(27-20-46)41-37-13-21-49-40(37)50-31-51-41)43(58)52-38(32-9-11-34(47)12-10-32)18-29-60-30-28-54-22-14-35(15-23-54)61-36-16-24-56(25-17-36)42(57)39(48)33-7-5-4-6-8-33/h9-13,21,31,33,35-36,38-39H,4-8,14-20,22-30,48H2,1-3H3,(H,52,58)(H,53,59)(H,49,50,51)/t38-,39+/m0/s1. The van der Waals surface area contributed by atoms with Crippen LogP contribution in [0.4, 0.5) is 10.6 Å². The highest BCUT2D eigenvalue weighted by Crippen LogP contribution is 2.32. The summed E-state index contributed by atoms with van der Waals surface area (Å²) in [6, 6.07) is 8.68. The summed E-state index contributed by atoms with van der Waals surface area (Å²) in [5.41, 5.74) is 6.13. The average molecular weight is 879 g/mol. The molecule has 15 nitrogen and oxygen atoms in total. The number of nitrogens with zero attached hydrogens (tertiary/aromatic N) is 5. The fourth-order valence-corrected chi connectivity index (χ4v) is 9.71. The maximum absolute atomic E-state index is 14.5. The van der Waals surface area contributed by atoms with Gasteiger partial charge in [-0.15, -0.1) is 0 Å². The highest BCUT2D eigenvalue weighted by molar-refractivity contribution is 6.30. The molecule has 62 heavy (non-hydrogen) atoms. The van der Waals surface area contributed by atoms with E-state index in [1.807, 2.05) is 41.4 Å². The molecule has 0 radical (unpaired) electrons. The first-order chi connectivity index (χ1) is 29.9. The molecule has 3 amide bonds. The molecule has 5 N–H and O–H groups in total. The molecule has 0 unspecified atom stereocenters.